The van der Waals surface area contributed by atoms with Gasteiger partial charge < -0.3 is 10.9 Å². The molecule has 0 aromatic heterocycles. The van der Waals surface area contributed by atoms with Gasteiger partial charge in [-0.1, -0.05) is 88.5 Å². The summed E-state index contributed by atoms with van der Waals surface area (Å²) in [7, 11) is 0. The standard InChI is InChI=1S/C11H15NO.C11H19N.C11H14O.C6H8O.C5H6.3CH4/c13-12-10-3-1-2-9-7-4-5-8(6-7)11(9)10;2*12-10-3-1-2-9-7-4-5-8(6-7)11(9)10;7-6-4-2-1-3-5-6;1-2-4-5-3-1;;;/h4-5,7-9,11,13H,1-3,6H2;7-11H,1-6,12H2;4-5,7-9,11H,1-3,6H2;2,4H,1,3,5H2;1-4H,5H2;3*1H4/b12-10+;;;;;;;/t7-,8+,9-,11+;7-,8+,9-,10?,11+;7-,8+,9-,11+;;;;;/m000...../s1. The number of oxime groups is 1. The van der Waals surface area contributed by atoms with Gasteiger partial charge >= 0.3 is 0 Å². The summed E-state index contributed by atoms with van der Waals surface area (Å²) in [6.07, 6.45) is 43.6. The van der Waals surface area contributed by atoms with E-state index in [1.165, 1.54) is 70.6 Å². The molecule has 11 aliphatic rings. The van der Waals surface area contributed by atoms with Crippen molar-refractivity contribution in [2.75, 3.05) is 0 Å². The lowest BCUT2D eigenvalue weighted by Gasteiger charge is -2.39. The van der Waals surface area contributed by atoms with Crippen LogP contribution in [0.4, 0.5) is 0 Å². The molecule has 1 unspecified atom stereocenters. The van der Waals surface area contributed by atoms with Gasteiger partial charge in [-0.05, 0) is 162 Å². The predicted octanol–water partition coefficient (Wildman–Crippen LogP) is 11.5. The molecule has 0 amide bonds. The normalized spacial score (nSPS) is 41.6. The van der Waals surface area contributed by atoms with Crippen molar-refractivity contribution in [2.24, 2.45) is 81.9 Å². The van der Waals surface area contributed by atoms with E-state index >= 15 is 0 Å². The summed E-state index contributed by atoms with van der Waals surface area (Å²) >= 11 is 0. The maximum Gasteiger partial charge on any atom is 0.155 e. The van der Waals surface area contributed by atoms with Crippen LogP contribution >= 0.6 is 0 Å². The minimum atomic E-state index is 0. The van der Waals surface area contributed by atoms with Crippen molar-refractivity contribution in [3.63, 3.8) is 0 Å². The number of nitrogens with zero attached hydrogens (tertiary/aromatic N) is 1. The van der Waals surface area contributed by atoms with Crippen molar-refractivity contribution < 1.29 is 14.8 Å². The Bertz CT molecular complexity index is 1350. The number of rotatable bonds is 0. The summed E-state index contributed by atoms with van der Waals surface area (Å²) < 4.78 is 0. The van der Waals surface area contributed by atoms with E-state index in [1.807, 2.05) is 6.08 Å². The summed E-state index contributed by atoms with van der Waals surface area (Å²) in [6, 6.07) is 0.569. The third-order valence-corrected chi connectivity index (χ3v) is 14.5. The van der Waals surface area contributed by atoms with E-state index in [-0.39, 0.29) is 28.1 Å². The number of carbonyl (C=O) groups is 2. The highest BCUT2D eigenvalue weighted by molar-refractivity contribution is 5.90. The minimum absolute atomic E-state index is 0. The lowest BCUT2D eigenvalue weighted by atomic mass is 9.69. The van der Waals surface area contributed by atoms with E-state index in [9.17, 15) is 9.59 Å². The molecule has 0 spiro atoms. The van der Waals surface area contributed by atoms with Crippen LogP contribution in [0.5, 0.6) is 0 Å². The van der Waals surface area contributed by atoms with E-state index in [4.69, 9.17) is 10.9 Å². The Hall–Kier alpha value is -2.53. The second kappa shape index (κ2) is 19.7. The SMILES string of the molecule is C.C.C.C1=CCC=C1.NC1CCC[C@H]2[C@H]3CC[C@H](C3)[C@@H]12.O/N=C1\CCC[C@@H]2[C@H]1[C@@H]1C=C[C@H]2C1.O=C1C=CCCC1.O=C1CCC[C@@H]2[C@H]1[C@@H]1C=C[C@H]2C1. The van der Waals surface area contributed by atoms with Gasteiger partial charge in [0.1, 0.15) is 5.78 Å². The lowest BCUT2D eigenvalue weighted by molar-refractivity contribution is -0.127. The van der Waals surface area contributed by atoms with Crippen molar-refractivity contribution in [2.45, 2.75) is 144 Å². The fourth-order valence-electron chi connectivity index (χ4n) is 12.5. The first-order valence-corrected chi connectivity index (χ1v) is 20.4. The number of hydrogen-bond donors (Lipinski definition) is 2. The first-order valence-electron chi connectivity index (χ1n) is 20.4. The molecule has 0 aliphatic heterocycles. The number of Topliss-reactive ketones (excluding diaryl/α,β-unsaturated/α-hetero) is 1. The van der Waals surface area contributed by atoms with Gasteiger partial charge in [0, 0.05) is 30.7 Å². The summed E-state index contributed by atoms with van der Waals surface area (Å²) in [5.41, 5.74) is 7.28. The number of fused-ring (bicyclic) bond motifs is 15. The fraction of sp³-hybridized carbons (Fsp3) is 0.723. The van der Waals surface area contributed by atoms with E-state index in [0.717, 1.165) is 98.0 Å². The molecule has 11 aliphatic carbocycles. The second-order valence-corrected chi connectivity index (χ2v) is 17.1. The fourth-order valence-corrected chi connectivity index (χ4v) is 12.5. The average Bonchev–Trinajstić information content (AvgIpc) is 4.00. The van der Waals surface area contributed by atoms with Crippen LogP contribution in [0.2, 0.25) is 0 Å². The summed E-state index contributed by atoms with van der Waals surface area (Å²) in [4.78, 5) is 22.0. The first-order chi connectivity index (χ1) is 24.0. The van der Waals surface area contributed by atoms with Crippen LogP contribution in [-0.4, -0.2) is 28.5 Å². The van der Waals surface area contributed by atoms with Gasteiger partial charge in [-0.25, -0.2) is 0 Å². The highest BCUT2D eigenvalue weighted by Gasteiger charge is 2.51. The second-order valence-electron chi connectivity index (χ2n) is 17.1. The quantitative estimate of drug-likeness (QED) is 0.148. The van der Waals surface area contributed by atoms with Gasteiger partial charge in [-0.3, -0.25) is 9.59 Å². The molecule has 0 aromatic carbocycles. The van der Waals surface area contributed by atoms with Gasteiger partial charge in [-0.2, -0.15) is 0 Å². The zero-order valence-corrected chi connectivity index (χ0v) is 29.8. The Kier molecular flexibility index (Phi) is 16.0. The molecule has 52 heavy (non-hydrogen) atoms. The third-order valence-electron chi connectivity index (χ3n) is 14.5. The first kappa shape index (κ1) is 42.2. The zero-order valence-electron chi connectivity index (χ0n) is 29.8. The van der Waals surface area contributed by atoms with Crippen LogP contribution < -0.4 is 5.73 Å². The largest absolute Gasteiger partial charge is 0.411 e. The van der Waals surface area contributed by atoms with Crippen LogP contribution in [-0.2, 0) is 9.59 Å². The zero-order chi connectivity index (χ0) is 33.7. The van der Waals surface area contributed by atoms with Crippen molar-refractivity contribution >= 4 is 17.3 Å². The molecular weight excluding hydrogens is 641 g/mol. The molecule has 0 saturated heterocycles. The van der Waals surface area contributed by atoms with Crippen LogP contribution in [0, 0.1) is 71.0 Å². The van der Waals surface area contributed by atoms with Crippen molar-refractivity contribution in [1.82, 2.24) is 0 Å². The summed E-state index contributed by atoms with van der Waals surface area (Å²) in [5.74, 6) is 10.4. The Labute approximate surface area is 317 Å². The minimum Gasteiger partial charge on any atom is -0.411 e. The number of nitrogens with two attached hydrogens (primary N) is 1. The topological polar surface area (TPSA) is 92.8 Å². The van der Waals surface area contributed by atoms with Crippen LogP contribution in [0.25, 0.3) is 0 Å². The molecule has 3 N–H and O–H groups in total. The van der Waals surface area contributed by atoms with Gasteiger partial charge in [-0.15, -0.1) is 0 Å². The smallest absolute Gasteiger partial charge is 0.155 e. The molecule has 290 valence electrons. The molecule has 11 rings (SSSR count). The monoisotopic (exact) mass is 715 g/mol. The molecule has 0 radical (unpaired) electrons. The predicted molar refractivity (Wildman–Crippen MR) is 218 cm³/mol. The molecule has 7 saturated carbocycles. The summed E-state index contributed by atoms with van der Waals surface area (Å²) in [5, 5.41) is 12.4. The Balaban J connectivity index is 0.000000148. The number of carbonyl (C=O) groups excluding carboxylic acids is 2. The number of hydrogen-bond acceptors (Lipinski definition) is 5. The highest BCUT2D eigenvalue weighted by Crippen LogP contribution is 2.57. The molecule has 6 bridgehead atoms. The maximum atomic E-state index is 11.6. The molecule has 0 heterocycles. The lowest BCUT2D eigenvalue weighted by Crippen LogP contribution is -2.41. The van der Waals surface area contributed by atoms with E-state index in [2.05, 4.69) is 53.8 Å². The Morgan fingerprint density at radius 3 is 1.79 bits per heavy atom. The number of allylic oxidation sites excluding steroid dienone is 10. The van der Waals surface area contributed by atoms with E-state index in [1.54, 1.807) is 6.08 Å². The van der Waals surface area contributed by atoms with Gasteiger partial charge in [0.2, 0.25) is 0 Å². The molecule has 13 atom stereocenters. The third kappa shape index (κ3) is 9.22. The molecular formula is C47H74N2O3. The van der Waals surface area contributed by atoms with Crippen LogP contribution in [0.15, 0.2) is 65.9 Å². The average molecular weight is 715 g/mol. The van der Waals surface area contributed by atoms with Gasteiger partial charge in [0.05, 0.1) is 5.71 Å². The van der Waals surface area contributed by atoms with Gasteiger partial charge in [0.25, 0.3) is 0 Å². The summed E-state index contributed by atoms with van der Waals surface area (Å²) in [6.45, 7) is 0. The van der Waals surface area contributed by atoms with E-state index < -0.39 is 0 Å². The molecule has 7 fully saturated rings. The van der Waals surface area contributed by atoms with Crippen molar-refractivity contribution in [3.05, 3.63) is 60.8 Å². The molecule has 0 aromatic rings. The van der Waals surface area contributed by atoms with Crippen LogP contribution in [0.1, 0.15) is 138 Å². The number of ketones is 2. The maximum absolute atomic E-state index is 11.6. The van der Waals surface area contributed by atoms with E-state index in [0.29, 0.717) is 35.5 Å². The Morgan fingerprint density at radius 2 is 1.23 bits per heavy atom. The van der Waals surface area contributed by atoms with Gasteiger partial charge in [0.15, 0.2) is 5.78 Å². The van der Waals surface area contributed by atoms with Crippen molar-refractivity contribution in [3.8, 4) is 0 Å². The molecule has 5 nitrogen and oxygen atoms in total. The highest BCUT2D eigenvalue weighted by atomic mass is 16.4. The molecule has 5 heteroatoms. The Morgan fingerprint density at radius 1 is 0.615 bits per heavy atom. The van der Waals surface area contributed by atoms with Crippen LogP contribution in [0.3, 0.4) is 0 Å². The van der Waals surface area contributed by atoms with Crippen molar-refractivity contribution in [1.29, 1.82) is 0 Å².